The molecule has 0 aliphatic rings. The van der Waals surface area contributed by atoms with Crippen molar-refractivity contribution in [3.8, 4) is 17.0 Å². The maximum Gasteiger partial charge on any atom is 0.269 e. The lowest BCUT2D eigenvalue weighted by atomic mass is 10.2. The van der Waals surface area contributed by atoms with Gasteiger partial charge in [-0.3, -0.25) is 9.59 Å². The minimum atomic E-state index is -0.584. The maximum absolute atomic E-state index is 12.2. The van der Waals surface area contributed by atoms with Crippen LogP contribution < -0.4 is 11.1 Å². The van der Waals surface area contributed by atoms with Crippen molar-refractivity contribution >= 4 is 17.5 Å². The Morgan fingerprint density at radius 2 is 1.80 bits per heavy atom. The number of aromatic nitrogens is 3. The molecule has 3 N–H and O–H groups in total. The number of hydrogen-bond acceptors (Lipinski definition) is 5. The van der Waals surface area contributed by atoms with E-state index < -0.39 is 5.91 Å². The van der Waals surface area contributed by atoms with Gasteiger partial charge in [-0.1, -0.05) is 30.3 Å². The third-order valence-electron chi connectivity index (χ3n) is 4.43. The standard InChI is InChI=1S/C22H19N5O3/c23-22(29)18-12-13-27(26-18)17-8-6-16(7-9-17)25-20(28)10-11-21-24-14-19(30-21)15-4-2-1-3-5-15/h1-9,12-14H,10-11H2,(H2,23,29)(H,25,28). The van der Waals surface area contributed by atoms with E-state index in [9.17, 15) is 9.59 Å². The number of nitrogens with two attached hydrogens (primary N) is 1. The molecule has 0 atom stereocenters. The molecule has 0 fully saturated rings. The second-order valence-electron chi connectivity index (χ2n) is 6.59. The fraction of sp³-hybridized carbons (Fsp3) is 0.0909. The summed E-state index contributed by atoms with van der Waals surface area (Å²) < 4.78 is 7.26. The Hall–Kier alpha value is -4.20. The quantitative estimate of drug-likeness (QED) is 0.493. The van der Waals surface area contributed by atoms with Crippen LogP contribution in [0.3, 0.4) is 0 Å². The zero-order valence-electron chi connectivity index (χ0n) is 16.0. The van der Waals surface area contributed by atoms with Crippen molar-refractivity contribution in [1.82, 2.24) is 14.8 Å². The van der Waals surface area contributed by atoms with Gasteiger partial charge in [0.05, 0.1) is 11.9 Å². The molecule has 8 heteroatoms. The summed E-state index contributed by atoms with van der Waals surface area (Å²) in [5.41, 5.74) is 7.75. The summed E-state index contributed by atoms with van der Waals surface area (Å²) in [6.07, 6.45) is 3.96. The molecule has 0 unspecified atom stereocenters. The van der Waals surface area contributed by atoms with Crippen molar-refractivity contribution < 1.29 is 14.0 Å². The Bertz CT molecular complexity index is 1160. The van der Waals surface area contributed by atoms with E-state index in [1.54, 1.807) is 47.4 Å². The van der Waals surface area contributed by atoms with Crippen LogP contribution in [0, 0.1) is 0 Å². The topological polar surface area (TPSA) is 116 Å². The van der Waals surface area contributed by atoms with E-state index in [4.69, 9.17) is 10.2 Å². The molecule has 2 aromatic heterocycles. The molecular weight excluding hydrogens is 382 g/mol. The molecule has 8 nitrogen and oxygen atoms in total. The number of benzene rings is 2. The lowest BCUT2D eigenvalue weighted by Gasteiger charge is -2.06. The van der Waals surface area contributed by atoms with Crippen molar-refractivity contribution in [1.29, 1.82) is 0 Å². The largest absolute Gasteiger partial charge is 0.441 e. The van der Waals surface area contributed by atoms with Crippen LogP contribution in [0.1, 0.15) is 22.8 Å². The zero-order valence-corrected chi connectivity index (χ0v) is 16.0. The van der Waals surface area contributed by atoms with Crippen LogP contribution in [0.15, 0.2) is 77.5 Å². The Balaban J connectivity index is 1.32. The average Bonchev–Trinajstić information content (AvgIpc) is 3.44. The second kappa shape index (κ2) is 8.44. The zero-order chi connectivity index (χ0) is 20.9. The summed E-state index contributed by atoms with van der Waals surface area (Å²) in [6, 6.07) is 18.3. The second-order valence-corrected chi connectivity index (χ2v) is 6.59. The van der Waals surface area contributed by atoms with Crippen molar-refractivity contribution in [2.75, 3.05) is 5.32 Å². The van der Waals surface area contributed by atoms with Gasteiger partial charge < -0.3 is 15.5 Å². The summed E-state index contributed by atoms with van der Waals surface area (Å²) in [6.45, 7) is 0. The molecule has 0 radical (unpaired) electrons. The van der Waals surface area contributed by atoms with Gasteiger partial charge in [0, 0.05) is 30.3 Å². The highest BCUT2D eigenvalue weighted by molar-refractivity contribution is 5.91. The predicted octanol–water partition coefficient (Wildman–Crippen LogP) is 3.20. The van der Waals surface area contributed by atoms with Crippen LogP contribution in [0.5, 0.6) is 0 Å². The fourth-order valence-corrected chi connectivity index (χ4v) is 2.90. The number of anilines is 1. The van der Waals surface area contributed by atoms with E-state index in [0.29, 0.717) is 23.8 Å². The molecule has 4 rings (SSSR count). The minimum Gasteiger partial charge on any atom is -0.441 e. The van der Waals surface area contributed by atoms with Gasteiger partial charge in [-0.25, -0.2) is 9.67 Å². The summed E-state index contributed by atoms with van der Waals surface area (Å²) in [4.78, 5) is 27.6. The van der Waals surface area contributed by atoms with Crippen LogP contribution in [0.2, 0.25) is 0 Å². The Morgan fingerprint density at radius 1 is 1.03 bits per heavy atom. The molecule has 2 amide bonds. The molecule has 0 bridgehead atoms. The van der Waals surface area contributed by atoms with Gasteiger partial charge in [0.15, 0.2) is 11.7 Å². The third-order valence-corrected chi connectivity index (χ3v) is 4.43. The van der Waals surface area contributed by atoms with Gasteiger partial charge in [0.2, 0.25) is 5.91 Å². The number of carbonyl (C=O) groups is 2. The van der Waals surface area contributed by atoms with Gasteiger partial charge in [0.25, 0.3) is 5.91 Å². The van der Waals surface area contributed by atoms with Crippen LogP contribution in [-0.2, 0) is 11.2 Å². The minimum absolute atomic E-state index is 0.141. The van der Waals surface area contributed by atoms with E-state index in [1.807, 2.05) is 30.3 Å². The molecule has 4 aromatic rings. The lowest BCUT2D eigenvalue weighted by Crippen LogP contribution is -2.13. The number of aryl methyl sites for hydroxylation is 1. The van der Waals surface area contributed by atoms with Crippen molar-refractivity contribution in [3.63, 3.8) is 0 Å². The first-order valence-electron chi connectivity index (χ1n) is 9.34. The average molecular weight is 401 g/mol. The molecule has 0 saturated carbocycles. The fourth-order valence-electron chi connectivity index (χ4n) is 2.90. The number of oxazole rings is 1. The normalized spacial score (nSPS) is 10.7. The highest BCUT2D eigenvalue weighted by atomic mass is 16.4. The first kappa shape index (κ1) is 19.1. The molecule has 2 aromatic carbocycles. The monoisotopic (exact) mass is 401 g/mol. The van der Waals surface area contributed by atoms with Gasteiger partial charge in [-0.05, 0) is 30.3 Å². The van der Waals surface area contributed by atoms with E-state index >= 15 is 0 Å². The molecule has 150 valence electrons. The third kappa shape index (κ3) is 4.44. The van der Waals surface area contributed by atoms with Gasteiger partial charge >= 0.3 is 0 Å². The maximum atomic E-state index is 12.2. The van der Waals surface area contributed by atoms with E-state index in [2.05, 4.69) is 15.4 Å². The molecule has 0 spiro atoms. The lowest BCUT2D eigenvalue weighted by molar-refractivity contribution is -0.116. The molecule has 30 heavy (non-hydrogen) atoms. The summed E-state index contributed by atoms with van der Waals surface area (Å²) in [7, 11) is 0. The molecule has 0 aliphatic heterocycles. The van der Waals surface area contributed by atoms with Crippen molar-refractivity contribution in [3.05, 3.63) is 84.6 Å². The molecule has 0 saturated heterocycles. The number of carbonyl (C=O) groups excluding carboxylic acids is 2. The SMILES string of the molecule is NC(=O)c1ccn(-c2ccc(NC(=O)CCc3ncc(-c4ccccc4)o3)cc2)n1. The van der Waals surface area contributed by atoms with Crippen LogP contribution in [0.25, 0.3) is 17.0 Å². The Kier molecular flexibility index (Phi) is 5.38. The van der Waals surface area contributed by atoms with Crippen LogP contribution >= 0.6 is 0 Å². The van der Waals surface area contributed by atoms with Crippen LogP contribution in [0.4, 0.5) is 5.69 Å². The molecule has 2 heterocycles. The van der Waals surface area contributed by atoms with Crippen molar-refractivity contribution in [2.24, 2.45) is 5.73 Å². The van der Waals surface area contributed by atoms with Crippen molar-refractivity contribution in [2.45, 2.75) is 12.8 Å². The van der Waals surface area contributed by atoms with E-state index in [-0.39, 0.29) is 18.0 Å². The Labute approximate surface area is 172 Å². The number of primary amides is 1. The van der Waals surface area contributed by atoms with Gasteiger partial charge in [-0.15, -0.1) is 0 Å². The van der Waals surface area contributed by atoms with E-state index in [0.717, 1.165) is 11.3 Å². The first-order valence-corrected chi connectivity index (χ1v) is 9.34. The number of nitrogens with zero attached hydrogens (tertiary/aromatic N) is 3. The van der Waals surface area contributed by atoms with E-state index in [1.165, 1.54) is 0 Å². The number of hydrogen-bond donors (Lipinski definition) is 2. The molecule has 0 aliphatic carbocycles. The number of nitrogens with one attached hydrogen (secondary N) is 1. The first-order chi connectivity index (χ1) is 14.6. The summed E-state index contributed by atoms with van der Waals surface area (Å²) >= 11 is 0. The smallest absolute Gasteiger partial charge is 0.269 e. The van der Waals surface area contributed by atoms with Crippen LogP contribution in [-0.4, -0.2) is 26.6 Å². The van der Waals surface area contributed by atoms with Gasteiger partial charge in [-0.2, -0.15) is 5.10 Å². The summed E-state index contributed by atoms with van der Waals surface area (Å²) in [5, 5.41) is 6.94. The highest BCUT2D eigenvalue weighted by Gasteiger charge is 2.10. The number of amides is 2. The predicted molar refractivity (Wildman–Crippen MR) is 111 cm³/mol. The highest BCUT2D eigenvalue weighted by Crippen LogP contribution is 2.20. The van der Waals surface area contributed by atoms with Gasteiger partial charge in [0.1, 0.15) is 5.69 Å². The number of rotatable bonds is 7. The Morgan fingerprint density at radius 3 is 2.50 bits per heavy atom. The molecular formula is C22H19N5O3. The summed E-state index contributed by atoms with van der Waals surface area (Å²) in [5.74, 6) is 0.472.